The number of thioether (sulfide) groups is 1. The zero-order valence-corrected chi connectivity index (χ0v) is 23.7. The Morgan fingerprint density at radius 2 is 1.84 bits per heavy atom. The number of hydrogen-bond donors (Lipinski definition) is 0. The van der Waals surface area contributed by atoms with Crippen LogP contribution in [0.4, 0.5) is 5.82 Å². The fourth-order valence-corrected chi connectivity index (χ4v) is 6.54. The zero-order valence-electron chi connectivity index (χ0n) is 22.1. The van der Waals surface area contributed by atoms with Crippen molar-refractivity contribution in [1.82, 2.24) is 14.3 Å². The second-order valence-corrected chi connectivity index (χ2v) is 11.9. The van der Waals surface area contributed by atoms with E-state index in [1.54, 1.807) is 15.4 Å². The second kappa shape index (κ2) is 11.8. The van der Waals surface area contributed by atoms with Crippen LogP contribution in [0.15, 0.2) is 58.4 Å². The number of amides is 1. The lowest BCUT2D eigenvalue weighted by molar-refractivity contribution is -0.122. The van der Waals surface area contributed by atoms with E-state index in [2.05, 4.69) is 42.2 Å². The summed E-state index contributed by atoms with van der Waals surface area (Å²) in [5, 5.41) is 0. The fraction of sp³-hybridized carbons (Fsp3) is 0.400. The van der Waals surface area contributed by atoms with E-state index in [1.807, 2.05) is 25.3 Å². The number of unbranched alkanes of at least 4 members (excludes halogenated alkanes) is 2. The van der Waals surface area contributed by atoms with Crippen molar-refractivity contribution in [3.05, 3.63) is 80.6 Å². The summed E-state index contributed by atoms with van der Waals surface area (Å²) in [7, 11) is 0. The van der Waals surface area contributed by atoms with Crippen LogP contribution in [0.3, 0.4) is 0 Å². The molecule has 0 N–H and O–H groups in total. The highest BCUT2D eigenvalue weighted by Crippen LogP contribution is 2.34. The molecule has 2 aliphatic rings. The average Bonchev–Trinajstić information content (AvgIpc) is 3.19. The van der Waals surface area contributed by atoms with Crippen LogP contribution in [0.2, 0.25) is 0 Å². The Hall–Kier alpha value is -2.97. The van der Waals surface area contributed by atoms with E-state index >= 15 is 0 Å². The number of hydrogen-bond acceptors (Lipinski definition) is 6. The maximum atomic E-state index is 13.8. The van der Waals surface area contributed by atoms with Gasteiger partial charge < -0.3 is 4.90 Å². The number of aromatic nitrogens is 2. The Morgan fingerprint density at radius 3 is 2.58 bits per heavy atom. The number of carbonyl (C=O) groups is 1. The second-order valence-electron chi connectivity index (χ2n) is 10.2. The number of anilines is 1. The average molecular weight is 547 g/mol. The van der Waals surface area contributed by atoms with Crippen molar-refractivity contribution in [3.8, 4) is 0 Å². The number of thiocarbonyl (C=S) groups is 1. The molecule has 2 fully saturated rings. The van der Waals surface area contributed by atoms with Gasteiger partial charge in [-0.25, -0.2) is 4.98 Å². The molecule has 1 amide bonds. The molecule has 38 heavy (non-hydrogen) atoms. The van der Waals surface area contributed by atoms with Gasteiger partial charge in [-0.2, -0.15) is 0 Å². The Labute approximate surface area is 233 Å². The summed E-state index contributed by atoms with van der Waals surface area (Å²) in [6.45, 7) is 6.36. The maximum Gasteiger partial charge on any atom is 0.267 e. The van der Waals surface area contributed by atoms with Gasteiger partial charge in [-0.15, -0.1) is 0 Å². The maximum absolute atomic E-state index is 13.8. The van der Waals surface area contributed by atoms with Crippen LogP contribution in [0.1, 0.15) is 55.7 Å². The van der Waals surface area contributed by atoms with Crippen molar-refractivity contribution in [3.63, 3.8) is 0 Å². The van der Waals surface area contributed by atoms with Crippen LogP contribution in [0.5, 0.6) is 0 Å². The van der Waals surface area contributed by atoms with Crippen molar-refractivity contribution in [2.75, 3.05) is 24.5 Å². The molecule has 5 rings (SSSR count). The third-order valence-corrected chi connectivity index (χ3v) is 8.78. The molecule has 0 saturated carbocycles. The lowest BCUT2D eigenvalue weighted by Crippen LogP contribution is -2.37. The standard InChI is InChI=1S/C30H34N4O2S2/c1-3-4-8-15-33-29(36)25(38-30(33)37)19-24-27(31-26-12-11-21(2)20-34(26)28(24)35)32-16-13-23(14-17-32)18-22-9-6-5-7-10-22/h5-7,9-12,19-20,23H,3-4,8,13-18H2,1-2H3. The van der Waals surface area contributed by atoms with Crippen molar-refractivity contribution >= 4 is 51.7 Å². The molecule has 0 spiro atoms. The number of carbonyl (C=O) groups excluding carboxylic acids is 1. The predicted octanol–water partition coefficient (Wildman–Crippen LogP) is 5.85. The highest BCUT2D eigenvalue weighted by Gasteiger charge is 2.33. The summed E-state index contributed by atoms with van der Waals surface area (Å²) >= 11 is 6.81. The first-order chi connectivity index (χ1) is 18.4. The van der Waals surface area contributed by atoms with Gasteiger partial charge in [0.15, 0.2) is 0 Å². The van der Waals surface area contributed by atoms with E-state index < -0.39 is 0 Å². The molecule has 0 bridgehead atoms. The Morgan fingerprint density at radius 1 is 1.08 bits per heavy atom. The summed E-state index contributed by atoms with van der Waals surface area (Å²) in [6, 6.07) is 14.5. The van der Waals surface area contributed by atoms with Crippen LogP contribution in [0.25, 0.3) is 11.7 Å². The third-order valence-electron chi connectivity index (χ3n) is 7.40. The van der Waals surface area contributed by atoms with Crippen LogP contribution >= 0.6 is 24.0 Å². The van der Waals surface area contributed by atoms with Crippen molar-refractivity contribution in [2.24, 2.45) is 5.92 Å². The van der Waals surface area contributed by atoms with Gasteiger partial charge in [0, 0.05) is 25.8 Å². The predicted molar refractivity (Wildman–Crippen MR) is 161 cm³/mol. The molecule has 0 atom stereocenters. The van der Waals surface area contributed by atoms with Gasteiger partial charge in [-0.3, -0.25) is 18.9 Å². The Kier molecular flexibility index (Phi) is 8.29. The van der Waals surface area contributed by atoms with Gasteiger partial charge in [-0.1, -0.05) is 80.1 Å². The number of nitrogens with zero attached hydrogens (tertiary/aromatic N) is 4. The molecular weight excluding hydrogens is 512 g/mol. The minimum Gasteiger partial charge on any atom is -0.356 e. The lowest BCUT2D eigenvalue weighted by atomic mass is 9.90. The molecule has 4 heterocycles. The summed E-state index contributed by atoms with van der Waals surface area (Å²) in [5.74, 6) is 1.14. The molecule has 3 aromatic rings. The zero-order chi connectivity index (χ0) is 26.6. The van der Waals surface area contributed by atoms with Crippen LogP contribution in [-0.4, -0.2) is 44.1 Å². The number of fused-ring (bicyclic) bond motifs is 1. The van der Waals surface area contributed by atoms with Gasteiger partial charge in [0.1, 0.15) is 15.8 Å². The van der Waals surface area contributed by atoms with E-state index in [0.29, 0.717) is 38.7 Å². The number of piperidine rings is 1. The molecule has 2 aliphatic heterocycles. The highest BCUT2D eigenvalue weighted by molar-refractivity contribution is 8.26. The molecule has 6 nitrogen and oxygen atoms in total. The van der Waals surface area contributed by atoms with E-state index in [1.165, 1.54) is 17.3 Å². The number of aryl methyl sites for hydroxylation is 1. The van der Waals surface area contributed by atoms with E-state index in [4.69, 9.17) is 17.2 Å². The van der Waals surface area contributed by atoms with Gasteiger partial charge in [0.2, 0.25) is 0 Å². The topological polar surface area (TPSA) is 57.9 Å². The third kappa shape index (κ3) is 5.71. The van der Waals surface area contributed by atoms with Crippen molar-refractivity contribution < 1.29 is 4.79 Å². The van der Waals surface area contributed by atoms with Gasteiger partial charge in [0.05, 0.1) is 10.5 Å². The smallest absolute Gasteiger partial charge is 0.267 e. The van der Waals surface area contributed by atoms with Crippen molar-refractivity contribution in [1.29, 1.82) is 0 Å². The first-order valence-corrected chi connectivity index (χ1v) is 14.7. The summed E-state index contributed by atoms with van der Waals surface area (Å²) in [4.78, 5) is 36.4. The largest absolute Gasteiger partial charge is 0.356 e. The molecule has 0 radical (unpaired) electrons. The normalized spacial score (nSPS) is 17.8. The van der Waals surface area contributed by atoms with Crippen LogP contribution < -0.4 is 10.5 Å². The quantitative estimate of drug-likeness (QED) is 0.201. The molecule has 8 heteroatoms. The summed E-state index contributed by atoms with van der Waals surface area (Å²) in [6.07, 6.45) is 9.72. The summed E-state index contributed by atoms with van der Waals surface area (Å²) in [5.41, 5.74) is 3.26. The number of rotatable bonds is 8. The van der Waals surface area contributed by atoms with E-state index in [0.717, 1.165) is 57.2 Å². The Bertz CT molecular complexity index is 1430. The molecule has 0 aliphatic carbocycles. The Balaban J connectivity index is 1.45. The van der Waals surface area contributed by atoms with Gasteiger partial charge >= 0.3 is 0 Å². The fourth-order valence-electron chi connectivity index (χ4n) is 5.25. The molecule has 0 unspecified atom stereocenters. The van der Waals surface area contributed by atoms with Gasteiger partial charge in [0.25, 0.3) is 11.5 Å². The summed E-state index contributed by atoms with van der Waals surface area (Å²) < 4.78 is 2.15. The minimum absolute atomic E-state index is 0.114. The van der Waals surface area contributed by atoms with Crippen LogP contribution in [-0.2, 0) is 11.2 Å². The minimum atomic E-state index is -0.156. The molecular formula is C30H34N4O2S2. The van der Waals surface area contributed by atoms with Gasteiger partial charge in [-0.05, 0) is 61.8 Å². The molecule has 2 saturated heterocycles. The monoisotopic (exact) mass is 546 g/mol. The van der Waals surface area contributed by atoms with Crippen molar-refractivity contribution in [2.45, 2.75) is 52.4 Å². The SMILES string of the molecule is CCCCCN1C(=O)C(=Cc2c(N3CCC(Cc4ccccc4)CC3)nc3ccc(C)cn3c2=O)SC1=S. The first-order valence-electron chi connectivity index (χ1n) is 13.5. The van der Waals surface area contributed by atoms with Crippen LogP contribution in [0, 0.1) is 12.8 Å². The molecule has 2 aromatic heterocycles. The van der Waals surface area contributed by atoms with E-state index in [-0.39, 0.29) is 11.5 Å². The highest BCUT2D eigenvalue weighted by atomic mass is 32.2. The number of benzene rings is 1. The first kappa shape index (κ1) is 26.6. The van der Waals surface area contributed by atoms with E-state index in [9.17, 15) is 9.59 Å². The number of pyridine rings is 1. The molecule has 1 aromatic carbocycles. The lowest BCUT2D eigenvalue weighted by Gasteiger charge is -2.33. The molecule has 198 valence electrons.